The minimum Gasteiger partial charge on any atom is -0.481 e. The van der Waals surface area contributed by atoms with E-state index >= 15 is 0 Å². The number of benzene rings is 2. The second-order valence-electron chi connectivity index (χ2n) is 7.68. The Morgan fingerprint density at radius 2 is 1.50 bits per heavy atom. The molecule has 28 heavy (non-hydrogen) atoms. The zero-order valence-electron chi connectivity index (χ0n) is 15.8. The molecule has 5 nitrogen and oxygen atoms in total. The van der Waals surface area contributed by atoms with Crippen molar-refractivity contribution in [2.24, 2.45) is 5.92 Å². The van der Waals surface area contributed by atoms with Crippen LogP contribution in [-0.4, -0.2) is 36.2 Å². The summed E-state index contributed by atoms with van der Waals surface area (Å²) in [7, 11) is 0. The fraction of sp³-hybridized carbons (Fsp3) is 0.391. The van der Waals surface area contributed by atoms with Gasteiger partial charge in [-0.25, -0.2) is 0 Å². The molecule has 0 bridgehead atoms. The van der Waals surface area contributed by atoms with Crippen LogP contribution in [0.3, 0.4) is 0 Å². The van der Waals surface area contributed by atoms with Crippen LogP contribution in [0, 0.1) is 5.92 Å². The molecule has 4 rings (SSSR count). The van der Waals surface area contributed by atoms with E-state index in [0.29, 0.717) is 19.4 Å². The first-order chi connectivity index (χ1) is 13.6. The molecule has 0 unspecified atom stereocenters. The highest BCUT2D eigenvalue weighted by Gasteiger charge is 2.29. The van der Waals surface area contributed by atoms with E-state index in [0.717, 1.165) is 12.8 Å². The molecule has 0 amide bonds. The van der Waals surface area contributed by atoms with E-state index in [1.54, 1.807) is 0 Å². The molecule has 146 valence electrons. The SMILES string of the molecule is O=C(CNC1CCC(C(=O)O)CC1)OCC1c2ccccc2-c2ccccc21. The molecule has 0 radical (unpaired) electrons. The average molecular weight is 379 g/mol. The molecule has 2 aliphatic carbocycles. The third kappa shape index (κ3) is 3.80. The molecule has 0 spiro atoms. The maximum Gasteiger partial charge on any atom is 0.319 e. The van der Waals surface area contributed by atoms with Gasteiger partial charge in [0.15, 0.2) is 0 Å². The maximum atomic E-state index is 12.3. The van der Waals surface area contributed by atoms with Gasteiger partial charge in [0.25, 0.3) is 0 Å². The minimum absolute atomic E-state index is 0.0716. The molecule has 2 aromatic carbocycles. The van der Waals surface area contributed by atoms with Crippen molar-refractivity contribution in [3.63, 3.8) is 0 Å². The molecule has 5 heteroatoms. The average Bonchev–Trinajstić information content (AvgIpc) is 3.05. The molecule has 0 atom stereocenters. The molecule has 1 fully saturated rings. The Hall–Kier alpha value is -2.66. The molecule has 2 N–H and O–H groups in total. The summed E-state index contributed by atoms with van der Waals surface area (Å²) in [5, 5.41) is 12.3. The van der Waals surface area contributed by atoms with Crippen LogP contribution in [0.2, 0.25) is 0 Å². The zero-order chi connectivity index (χ0) is 19.5. The lowest BCUT2D eigenvalue weighted by atomic mass is 9.86. The van der Waals surface area contributed by atoms with Crippen molar-refractivity contribution in [1.29, 1.82) is 0 Å². The lowest BCUT2D eigenvalue weighted by Crippen LogP contribution is -2.38. The van der Waals surface area contributed by atoms with E-state index < -0.39 is 5.97 Å². The Kier molecular flexibility index (Phi) is 5.44. The summed E-state index contributed by atoms with van der Waals surface area (Å²) in [6, 6.07) is 16.7. The summed E-state index contributed by atoms with van der Waals surface area (Å²) in [5.74, 6) is -1.15. The molecular weight excluding hydrogens is 354 g/mol. The molecule has 0 aliphatic heterocycles. The van der Waals surface area contributed by atoms with Crippen molar-refractivity contribution >= 4 is 11.9 Å². The Balaban J connectivity index is 1.30. The van der Waals surface area contributed by atoms with Gasteiger partial charge in [0, 0.05) is 12.0 Å². The summed E-state index contributed by atoms with van der Waals surface area (Å²) in [6.45, 7) is 0.499. The highest BCUT2D eigenvalue weighted by Crippen LogP contribution is 2.44. The molecule has 2 aromatic rings. The minimum atomic E-state index is -0.713. The Morgan fingerprint density at radius 3 is 2.07 bits per heavy atom. The van der Waals surface area contributed by atoms with Gasteiger partial charge in [0.2, 0.25) is 0 Å². The normalized spacial score (nSPS) is 21.0. The number of ether oxygens (including phenoxy) is 1. The van der Waals surface area contributed by atoms with Crippen LogP contribution in [-0.2, 0) is 14.3 Å². The Bertz CT molecular complexity index is 825. The van der Waals surface area contributed by atoms with Crippen LogP contribution in [0.4, 0.5) is 0 Å². The number of carboxylic acids is 1. The predicted octanol–water partition coefficient (Wildman–Crippen LogP) is 3.58. The highest BCUT2D eigenvalue weighted by atomic mass is 16.5. The van der Waals surface area contributed by atoms with Gasteiger partial charge in [-0.05, 0) is 47.9 Å². The van der Waals surface area contributed by atoms with Gasteiger partial charge >= 0.3 is 11.9 Å². The Morgan fingerprint density at radius 1 is 0.929 bits per heavy atom. The van der Waals surface area contributed by atoms with Crippen LogP contribution >= 0.6 is 0 Å². The third-order valence-electron chi connectivity index (χ3n) is 5.99. The van der Waals surface area contributed by atoms with Crippen LogP contribution in [0.15, 0.2) is 48.5 Å². The van der Waals surface area contributed by atoms with E-state index in [-0.39, 0.29) is 30.4 Å². The van der Waals surface area contributed by atoms with Crippen molar-refractivity contribution < 1.29 is 19.4 Å². The fourth-order valence-corrected chi connectivity index (χ4v) is 4.44. The van der Waals surface area contributed by atoms with Gasteiger partial charge in [0.05, 0.1) is 12.5 Å². The van der Waals surface area contributed by atoms with Crippen molar-refractivity contribution in [1.82, 2.24) is 5.32 Å². The number of carboxylic acid groups (broad SMARTS) is 1. The first-order valence-corrected chi connectivity index (χ1v) is 9.93. The molecular formula is C23H25NO4. The zero-order valence-corrected chi connectivity index (χ0v) is 15.8. The first kappa shape index (κ1) is 18.7. The van der Waals surface area contributed by atoms with E-state index in [4.69, 9.17) is 9.84 Å². The Labute approximate surface area is 164 Å². The van der Waals surface area contributed by atoms with Gasteiger partial charge in [-0.1, -0.05) is 48.5 Å². The molecule has 0 aromatic heterocycles. The molecule has 2 aliphatic rings. The van der Waals surface area contributed by atoms with E-state index in [1.165, 1.54) is 22.3 Å². The third-order valence-corrected chi connectivity index (χ3v) is 5.99. The number of nitrogens with one attached hydrogen (secondary N) is 1. The maximum absolute atomic E-state index is 12.3. The number of fused-ring (bicyclic) bond motifs is 3. The number of rotatable bonds is 6. The van der Waals surface area contributed by atoms with Gasteiger partial charge in [-0.15, -0.1) is 0 Å². The fourth-order valence-electron chi connectivity index (χ4n) is 4.44. The second kappa shape index (κ2) is 8.15. The number of hydrogen-bond donors (Lipinski definition) is 2. The van der Waals surface area contributed by atoms with Crippen molar-refractivity contribution in [2.45, 2.75) is 37.6 Å². The largest absolute Gasteiger partial charge is 0.481 e. The topological polar surface area (TPSA) is 75.6 Å². The van der Waals surface area contributed by atoms with Gasteiger partial charge in [-0.2, -0.15) is 0 Å². The van der Waals surface area contributed by atoms with Gasteiger partial charge < -0.3 is 15.2 Å². The smallest absolute Gasteiger partial charge is 0.319 e. The predicted molar refractivity (Wildman–Crippen MR) is 106 cm³/mol. The standard InChI is InChI=1S/C23H25NO4/c25-22(13-24-16-11-9-15(10-12-16)23(26)27)28-14-21-19-7-3-1-5-17(19)18-6-2-4-8-20(18)21/h1-8,15-16,21,24H,9-14H2,(H,26,27). The van der Waals surface area contributed by atoms with Crippen molar-refractivity contribution in [3.05, 3.63) is 59.7 Å². The number of carbonyl (C=O) groups is 2. The first-order valence-electron chi connectivity index (χ1n) is 9.93. The highest BCUT2D eigenvalue weighted by molar-refractivity contribution is 5.79. The summed E-state index contributed by atoms with van der Waals surface area (Å²) in [6.07, 6.45) is 2.90. The number of hydrogen-bond acceptors (Lipinski definition) is 4. The summed E-state index contributed by atoms with van der Waals surface area (Å²) >= 11 is 0. The summed E-state index contributed by atoms with van der Waals surface area (Å²) in [5.41, 5.74) is 4.84. The summed E-state index contributed by atoms with van der Waals surface area (Å²) < 4.78 is 5.59. The number of carbonyl (C=O) groups excluding carboxylic acids is 1. The second-order valence-corrected chi connectivity index (χ2v) is 7.68. The van der Waals surface area contributed by atoms with E-state index in [1.807, 2.05) is 24.3 Å². The van der Waals surface area contributed by atoms with Crippen LogP contribution in [0.1, 0.15) is 42.7 Å². The lowest BCUT2D eigenvalue weighted by Gasteiger charge is -2.26. The van der Waals surface area contributed by atoms with Crippen LogP contribution in [0.5, 0.6) is 0 Å². The quantitative estimate of drug-likeness (QED) is 0.751. The number of esters is 1. The summed E-state index contributed by atoms with van der Waals surface area (Å²) in [4.78, 5) is 23.3. The lowest BCUT2D eigenvalue weighted by molar-refractivity contribution is -0.144. The van der Waals surface area contributed by atoms with Crippen molar-refractivity contribution in [3.8, 4) is 11.1 Å². The molecule has 0 heterocycles. The molecule has 0 saturated heterocycles. The van der Waals surface area contributed by atoms with Gasteiger partial charge in [-0.3, -0.25) is 9.59 Å². The monoisotopic (exact) mass is 379 g/mol. The molecule has 1 saturated carbocycles. The van der Waals surface area contributed by atoms with Crippen molar-refractivity contribution in [2.75, 3.05) is 13.2 Å². The van der Waals surface area contributed by atoms with Crippen LogP contribution < -0.4 is 5.32 Å². The van der Waals surface area contributed by atoms with E-state index in [9.17, 15) is 9.59 Å². The van der Waals surface area contributed by atoms with E-state index in [2.05, 4.69) is 29.6 Å². The van der Waals surface area contributed by atoms with Gasteiger partial charge in [0.1, 0.15) is 6.61 Å². The van der Waals surface area contributed by atoms with Crippen LogP contribution in [0.25, 0.3) is 11.1 Å². The number of aliphatic carboxylic acids is 1.